The summed E-state index contributed by atoms with van der Waals surface area (Å²) in [6.07, 6.45) is 7.51. The van der Waals surface area contributed by atoms with Gasteiger partial charge in [-0.2, -0.15) is 0 Å². The second-order valence-electron chi connectivity index (χ2n) is 3.49. The van der Waals surface area contributed by atoms with Gasteiger partial charge in [-0.05, 0) is 31.9 Å². The molecule has 0 heterocycles. The van der Waals surface area contributed by atoms with Crippen LogP contribution < -0.4 is 0 Å². The standard InChI is InChI=1S/C14H20N/c1-3-15(4-2)13-9-8-12-14-10-6-5-7-11-14/h5-11,13H,3-4,12H2,1-2H3/q+1/b9-8+. The lowest BCUT2D eigenvalue weighted by Gasteiger charge is -1.94. The van der Waals surface area contributed by atoms with Crippen molar-refractivity contribution in [2.45, 2.75) is 20.3 Å². The molecule has 1 aromatic carbocycles. The molecular weight excluding hydrogens is 182 g/mol. The Morgan fingerprint density at radius 1 is 1.07 bits per heavy atom. The van der Waals surface area contributed by atoms with Gasteiger partial charge in [0.2, 0.25) is 0 Å². The maximum absolute atomic E-state index is 2.28. The molecule has 0 aliphatic heterocycles. The second kappa shape index (κ2) is 6.99. The number of nitrogens with zero attached hydrogens (tertiary/aromatic N) is 1. The Balaban J connectivity index is 2.43. The number of rotatable bonds is 5. The summed E-state index contributed by atoms with van der Waals surface area (Å²) >= 11 is 0. The second-order valence-corrected chi connectivity index (χ2v) is 3.49. The maximum Gasteiger partial charge on any atom is 0.163 e. The van der Waals surface area contributed by atoms with E-state index in [1.807, 2.05) is 0 Å². The molecule has 0 radical (unpaired) electrons. The number of hydrogen-bond donors (Lipinski definition) is 0. The zero-order chi connectivity index (χ0) is 10.9. The Morgan fingerprint density at radius 3 is 2.33 bits per heavy atom. The lowest BCUT2D eigenvalue weighted by Crippen LogP contribution is -2.10. The molecular formula is C14H20N+. The van der Waals surface area contributed by atoms with E-state index in [0.29, 0.717) is 0 Å². The van der Waals surface area contributed by atoms with Crippen molar-refractivity contribution < 1.29 is 4.58 Å². The van der Waals surface area contributed by atoms with Crippen LogP contribution in [0.3, 0.4) is 0 Å². The first-order valence-corrected chi connectivity index (χ1v) is 5.64. The molecule has 0 fully saturated rings. The highest BCUT2D eigenvalue weighted by Crippen LogP contribution is 1.99. The smallest absolute Gasteiger partial charge is 0.163 e. The third kappa shape index (κ3) is 4.59. The van der Waals surface area contributed by atoms with Crippen LogP contribution in [-0.4, -0.2) is 23.9 Å². The molecule has 0 aromatic heterocycles. The highest BCUT2D eigenvalue weighted by Gasteiger charge is 1.91. The first-order chi connectivity index (χ1) is 7.36. The summed E-state index contributed by atoms with van der Waals surface area (Å²) < 4.78 is 2.28. The van der Waals surface area contributed by atoms with Crippen LogP contribution >= 0.6 is 0 Å². The van der Waals surface area contributed by atoms with Gasteiger partial charge in [-0.15, -0.1) is 0 Å². The predicted molar refractivity (Wildman–Crippen MR) is 66.7 cm³/mol. The molecule has 1 heteroatoms. The van der Waals surface area contributed by atoms with E-state index in [2.05, 4.69) is 67.1 Å². The fraction of sp³-hybridized carbons (Fsp3) is 0.357. The average Bonchev–Trinajstić information content (AvgIpc) is 2.31. The third-order valence-electron chi connectivity index (χ3n) is 2.44. The molecule has 0 aliphatic carbocycles. The zero-order valence-corrected chi connectivity index (χ0v) is 9.69. The molecule has 0 saturated heterocycles. The van der Waals surface area contributed by atoms with Crippen molar-refractivity contribution >= 4 is 6.21 Å². The van der Waals surface area contributed by atoms with E-state index >= 15 is 0 Å². The van der Waals surface area contributed by atoms with Crippen molar-refractivity contribution in [2.75, 3.05) is 13.1 Å². The van der Waals surface area contributed by atoms with E-state index < -0.39 is 0 Å². The van der Waals surface area contributed by atoms with Crippen LogP contribution in [0.1, 0.15) is 19.4 Å². The van der Waals surface area contributed by atoms with Crippen LogP contribution in [-0.2, 0) is 6.42 Å². The lowest BCUT2D eigenvalue weighted by molar-refractivity contribution is -0.515. The van der Waals surface area contributed by atoms with E-state index in [1.54, 1.807) is 0 Å². The fourth-order valence-corrected chi connectivity index (χ4v) is 1.44. The molecule has 1 aromatic rings. The van der Waals surface area contributed by atoms with Gasteiger partial charge < -0.3 is 0 Å². The highest BCUT2D eigenvalue weighted by molar-refractivity contribution is 5.66. The first kappa shape index (κ1) is 11.7. The minimum absolute atomic E-state index is 1.01. The van der Waals surface area contributed by atoms with Crippen molar-refractivity contribution in [1.82, 2.24) is 0 Å². The maximum atomic E-state index is 2.28. The van der Waals surface area contributed by atoms with Crippen LogP contribution in [0.15, 0.2) is 42.5 Å². The lowest BCUT2D eigenvalue weighted by atomic mass is 10.1. The van der Waals surface area contributed by atoms with Crippen LogP contribution in [0.5, 0.6) is 0 Å². The molecule has 0 saturated carbocycles. The SMILES string of the molecule is CC[N+](=C/C=C/Cc1ccccc1)CC. The Kier molecular flexibility index (Phi) is 5.46. The topological polar surface area (TPSA) is 3.01 Å². The van der Waals surface area contributed by atoms with Crippen LogP contribution in [0, 0.1) is 0 Å². The Morgan fingerprint density at radius 2 is 1.73 bits per heavy atom. The van der Waals surface area contributed by atoms with Crippen molar-refractivity contribution in [3.63, 3.8) is 0 Å². The van der Waals surface area contributed by atoms with E-state index in [0.717, 1.165) is 19.5 Å². The zero-order valence-electron chi connectivity index (χ0n) is 9.69. The van der Waals surface area contributed by atoms with Gasteiger partial charge in [0.1, 0.15) is 13.1 Å². The molecule has 0 spiro atoms. The van der Waals surface area contributed by atoms with Crippen molar-refractivity contribution in [3.05, 3.63) is 48.0 Å². The summed E-state index contributed by atoms with van der Waals surface area (Å²) in [5, 5.41) is 0. The van der Waals surface area contributed by atoms with Gasteiger partial charge in [0, 0.05) is 0 Å². The van der Waals surface area contributed by atoms with Gasteiger partial charge >= 0.3 is 0 Å². The van der Waals surface area contributed by atoms with Crippen LogP contribution in [0.2, 0.25) is 0 Å². The van der Waals surface area contributed by atoms with Gasteiger partial charge in [0.05, 0.1) is 0 Å². The van der Waals surface area contributed by atoms with E-state index in [1.165, 1.54) is 5.56 Å². The molecule has 0 N–H and O–H groups in total. The first-order valence-electron chi connectivity index (χ1n) is 5.64. The Bertz CT molecular complexity index is 316. The summed E-state index contributed by atoms with van der Waals surface area (Å²) in [5.41, 5.74) is 1.36. The molecule has 0 aliphatic rings. The number of allylic oxidation sites excluding steroid dienone is 2. The summed E-state index contributed by atoms with van der Waals surface area (Å²) in [7, 11) is 0. The predicted octanol–water partition coefficient (Wildman–Crippen LogP) is 2.91. The number of hydrogen-bond acceptors (Lipinski definition) is 0. The van der Waals surface area contributed by atoms with E-state index in [9.17, 15) is 0 Å². The average molecular weight is 202 g/mol. The van der Waals surface area contributed by atoms with Gasteiger partial charge in [-0.3, -0.25) is 0 Å². The highest BCUT2D eigenvalue weighted by atomic mass is 15.0. The van der Waals surface area contributed by atoms with Gasteiger partial charge in [0.15, 0.2) is 6.21 Å². The third-order valence-corrected chi connectivity index (χ3v) is 2.44. The van der Waals surface area contributed by atoms with Gasteiger partial charge in [0.25, 0.3) is 0 Å². The largest absolute Gasteiger partial charge is 0.237 e. The molecule has 80 valence electrons. The quantitative estimate of drug-likeness (QED) is 0.510. The minimum Gasteiger partial charge on any atom is -0.237 e. The Hall–Kier alpha value is -1.37. The molecule has 15 heavy (non-hydrogen) atoms. The summed E-state index contributed by atoms with van der Waals surface area (Å²) in [6.45, 7) is 6.49. The summed E-state index contributed by atoms with van der Waals surface area (Å²) in [4.78, 5) is 0. The van der Waals surface area contributed by atoms with Gasteiger partial charge in [-0.25, -0.2) is 4.58 Å². The van der Waals surface area contributed by atoms with Crippen molar-refractivity contribution in [1.29, 1.82) is 0 Å². The van der Waals surface area contributed by atoms with E-state index in [4.69, 9.17) is 0 Å². The minimum atomic E-state index is 1.01. The molecule has 1 rings (SSSR count). The molecule has 0 unspecified atom stereocenters. The van der Waals surface area contributed by atoms with Crippen LogP contribution in [0.4, 0.5) is 0 Å². The Labute approximate surface area is 92.8 Å². The van der Waals surface area contributed by atoms with Crippen LogP contribution in [0.25, 0.3) is 0 Å². The summed E-state index contributed by atoms with van der Waals surface area (Å²) in [5.74, 6) is 0. The van der Waals surface area contributed by atoms with Gasteiger partial charge in [-0.1, -0.05) is 36.4 Å². The van der Waals surface area contributed by atoms with Crippen molar-refractivity contribution in [3.8, 4) is 0 Å². The normalized spacial score (nSPS) is 10.5. The molecule has 0 bridgehead atoms. The fourth-order valence-electron chi connectivity index (χ4n) is 1.44. The molecule has 1 nitrogen and oxygen atoms in total. The number of benzene rings is 1. The van der Waals surface area contributed by atoms with E-state index in [-0.39, 0.29) is 0 Å². The monoisotopic (exact) mass is 202 g/mol. The molecule has 0 amide bonds. The van der Waals surface area contributed by atoms with Crippen molar-refractivity contribution in [2.24, 2.45) is 0 Å². The molecule has 0 atom stereocenters. The summed E-state index contributed by atoms with van der Waals surface area (Å²) in [6, 6.07) is 10.5.